The van der Waals surface area contributed by atoms with Crippen LogP contribution in [0.1, 0.15) is 72.1 Å². The van der Waals surface area contributed by atoms with Crippen LogP contribution in [-0.2, 0) is 32.6 Å². The maximum Gasteiger partial charge on any atom is 0.408 e. The molecule has 3 aromatic rings. The number of halogens is 1. The van der Waals surface area contributed by atoms with Crippen LogP contribution in [0.3, 0.4) is 0 Å². The number of oxime groups is 1. The van der Waals surface area contributed by atoms with Crippen molar-refractivity contribution < 1.29 is 42.6 Å². The molecule has 0 aliphatic rings. The molecule has 0 aliphatic carbocycles. The van der Waals surface area contributed by atoms with Crippen molar-refractivity contribution in [2.45, 2.75) is 97.5 Å². The average Bonchev–Trinajstić information content (AvgIpc) is 3.09. The first-order chi connectivity index (χ1) is 26.0. The van der Waals surface area contributed by atoms with Crippen LogP contribution in [0.4, 0.5) is 9.18 Å². The lowest BCUT2D eigenvalue weighted by molar-refractivity contribution is -0.137. The molecule has 4 atom stereocenters. The van der Waals surface area contributed by atoms with Gasteiger partial charge in [0, 0.05) is 19.6 Å². The zero-order chi connectivity index (χ0) is 42.0. The van der Waals surface area contributed by atoms with Crippen molar-refractivity contribution in [3.63, 3.8) is 0 Å². The number of sulfonamides is 1. The van der Waals surface area contributed by atoms with Crippen LogP contribution in [0, 0.1) is 22.6 Å². The molecule has 0 spiro atoms. The Labute approximate surface area is 329 Å². The highest BCUT2D eigenvalue weighted by Gasteiger charge is 2.43. The van der Waals surface area contributed by atoms with Gasteiger partial charge in [0.2, 0.25) is 21.8 Å². The lowest BCUT2D eigenvalue weighted by Gasteiger charge is -2.40. The van der Waals surface area contributed by atoms with Crippen molar-refractivity contribution >= 4 is 34.1 Å². The number of hydrogen-bond donors (Lipinski definition) is 5. The molecular weight excluding hydrogens is 742 g/mol. The Morgan fingerprint density at radius 1 is 0.839 bits per heavy atom. The molecule has 13 nitrogen and oxygen atoms in total. The van der Waals surface area contributed by atoms with Crippen molar-refractivity contribution in [3.05, 3.63) is 101 Å². The third-order valence-electron chi connectivity index (χ3n) is 9.06. The van der Waals surface area contributed by atoms with Crippen molar-refractivity contribution in [3.8, 4) is 0 Å². The molecule has 3 aromatic carbocycles. The van der Waals surface area contributed by atoms with Gasteiger partial charge in [-0.3, -0.25) is 14.5 Å². The number of hydrogen-bond acceptors (Lipinski definition) is 8. The van der Waals surface area contributed by atoms with Crippen LogP contribution in [-0.4, -0.2) is 94.5 Å². The van der Waals surface area contributed by atoms with E-state index < -0.39 is 68.8 Å². The van der Waals surface area contributed by atoms with Crippen molar-refractivity contribution in [1.29, 1.82) is 0 Å². The number of rotatable bonds is 17. The number of carbonyl (C=O) groups is 3. The second kappa shape index (κ2) is 19.3. The summed E-state index contributed by atoms with van der Waals surface area (Å²) in [4.78, 5) is 42.0. The van der Waals surface area contributed by atoms with Gasteiger partial charge in [-0.2, -0.15) is 4.31 Å². The summed E-state index contributed by atoms with van der Waals surface area (Å²) in [5.74, 6) is -2.13. The fourth-order valence-electron chi connectivity index (χ4n) is 6.37. The lowest BCUT2D eigenvalue weighted by atomic mass is 9.82. The van der Waals surface area contributed by atoms with Crippen LogP contribution < -0.4 is 10.6 Å². The normalized spacial score (nSPS) is 14.6. The van der Waals surface area contributed by atoms with Crippen LogP contribution >= 0.6 is 0 Å². The molecule has 56 heavy (non-hydrogen) atoms. The van der Waals surface area contributed by atoms with E-state index in [0.29, 0.717) is 11.1 Å². The van der Waals surface area contributed by atoms with Gasteiger partial charge in [-0.05, 0) is 64.1 Å². The highest BCUT2D eigenvalue weighted by Crippen LogP contribution is 2.29. The quantitative estimate of drug-likeness (QED) is 0.0673. The number of nitrogens with zero attached hydrogens (tertiary/aromatic N) is 3. The van der Waals surface area contributed by atoms with Crippen molar-refractivity contribution in [2.75, 3.05) is 13.1 Å². The number of aliphatic hydroxyl groups excluding tert-OH is 1. The van der Waals surface area contributed by atoms with Gasteiger partial charge < -0.3 is 26.1 Å². The van der Waals surface area contributed by atoms with E-state index in [0.717, 1.165) is 21.0 Å². The first kappa shape index (κ1) is 45.5. The topological polar surface area (TPSA) is 189 Å². The summed E-state index contributed by atoms with van der Waals surface area (Å²) in [7, 11) is -4.15. The highest BCUT2D eigenvalue weighted by molar-refractivity contribution is 7.89. The fraction of sp³-hybridized carbons (Fsp3) is 0.463. The van der Waals surface area contributed by atoms with Crippen LogP contribution in [0.25, 0.3) is 0 Å². The van der Waals surface area contributed by atoms with Crippen LogP contribution in [0.5, 0.6) is 0 Å². The Kier molecular flexibility index (Phi) is 15.7. The largest absolute Gasteiger partial charge is 0.465 e. The minimum absolute atomic E-state index is 0.0409. The molecule has 0 radical (unpaired) electrons. The number of amides is 3. The highest BCUT2D eigenvalue weighted by atomic mass is 32.2. The van der Waals surface area contributed by atoms with Gasteiger partial charge in [0.1, 0.15) is 17.9 Å². The molecule has 0 saturated heterocycles. The Bertz CT molecular complexity index is 1910. The van der Waals surface area contributed by atoms with Gasteiger partial charge in [-0.15, -0.1) is 0 Å². The zero-order valence-electron chi connectivity index (χ0n) is 33.3. The third kappa shape index (κ3) is 12.8. The maximum absolute atomic E-state index is 14.3. The van der Waals surface area contributed by atoms with E-state index in [4.69, 9.17) is 5.21 Å². The standard InChI is InChI=1S/C41H56FN5O8S/c1-27(2)24-46(56(54,55)32-19-17-29(18-20-32)23-43-53)26-34(48)33(22-28-13-10-9-11-14-28)44-37(49)35(40(3,4)5)45-38(50)36(41(6,7)8)47(39(51)52)25-30-15-12-16-31(42)21-30/h9-21,23,27,33-36,48,53H,22,24-26H2,1-8H3,(H,44,49)(H,45,50)(H,51,52)/t33-,34+,35-,36?/m0/s1. The molecule has 3 amide bonds. The lowest BCUT2D eigenvalue weighted by Crippen LogP contribution is -2.63. The van der Waals surface area contributed by atoms with E-state index in [-0.39, 0.29) is 36.9 Å². The Morgan fingerprint density at radius 2 is 1.45 bits per heavy atom. The minimum Gasteiger partial charge on any atom is -0.465 e. The predicted molar refractivity (Wildman–Crippen MR) is 212 cm³/mol. The first-order valence-electron chi connectivity index (χ1n) is 18.4. The van der Waals surface area contributed by atoms with Crippen LogP contribution in [0.15, 0.2) is 88.9 Å². The summed E-state index contributed by atoms with van der Waals surface area (Å²) in [6, 6.07) is 16.6. The van der Waals surface area contributed by atoms with E-state index in [1.807, 2.05) is 32.0 Å². The number of carboxylic acid groups (broad SMARTS) is 1. The molecule has 0 saturated carbocycles. The molecular formula is C41H56FN5O8S. The summed E-state index contributed by atoms with van der Waals surface area (Å²) < 4.78 is 43.1. The monoisotopic (exact) mass is 797 g/mol. The second-order valence-electron chi connectivity index (χ2n) is 16.5. The van der Waals surface area contributed by atoms with Crippen molar-refractivity contribution in [2.24, 2.45) is 21.9 Å². The molecule has 0 heterocycles. The number of nitrogens with one attached hydrogen (secondary N) is 2. The van der Waals surface area contributed by atoms with Crippen molar-refractivity contribution in [1.82, 2.24) is 19.8 Å². The van der Waals surface area contributed by atoms with Gasteiger partial charge >= 0.3 is 6.09 Å². The fourth-order valence-corrected chi connectivity index (χ4v) is 7.99. The molecule has 0 aromatic heterocycles. The van der Waals surface area contributed by atoms with Gasteiger partial charge in [0.15, 0.2) is 0 Å². The molecule has 306 valence electrons. The molecule has 0 bridgehead atoms. The van der Waals surface area contributed by atoms with E-state index in [9.17, 15) is 37.4 Å². The third-order valence-corrected chi connectivity index (χ3v) is 10.9. The predicted octanol–water partition coefficient (Wildman–Crippen LogP) is 5.49. The summed E-state index contributed by atoms with van der Waals surface area (Å²) >= 11 is 0. The molecule has 0 aliphatic heterocycles. The van der Waals surface area contributed by atoms with Gasteiger partial charge in [0.05, 0.1) is 23.3 Å². The minimum atomic E-state index is -4.15. The number of benzene rings is 3. The summed E-state index contributed by atoms with van der Waals surface area (Å²) in [5.41, 5.74) is -0.349. The SMILES string of the molecule is CC(C)CN(C[C@@H](O)[C@H](Cc1ccccc1)NC(=O)[C@H](NC(=O)C(N(Cc1cccc(F)c1)C(=O)O)C(C)(C)C)C(C)(C)C)S(=O)(=O)c1ccc(C=NO)cc1. The molecule has 15 heteroatoms. The summed E-state index contributed by atoms with van der Waals surface area (Å²) in [6.45, 7) is 13.3. The van der Waals surface area contributed by atoms with E-state index >= 15 is 0 Å². The maximum atomic E-state index is 14.3. The van der Waals surface area contributed by atoms with Crippen LogP contribution in [0.2, 0.25) is 0 Å². The molecule has 3 rings (SSSR count). The Morgan fingerprint density at radius 3 is 1.96 bits per heavy atom. The zero-order valence-corrected chi connectivity index (χ0v) is 34.1. The van der Waals surface area contributed by atoms with E-state index in [2.05, 4.69) is 15.8 Å². The van der Waals surface area contributed by atoms with Gasteiger partial charge in [-0.25, -0.2) is 17.6 Å². The summed E-state index contributed by atoms with van der Waals surface area (Å²) in [5, 5.41) is 39.6. The Hall–Kier alpha value is -4.86. The first-order valence-corrected chi connectivity index (χ1v) is 19.8. The Balaban J connectivity index is 1.98. The molecule has 0 fully saturated rings. The van der Waals surface area contributed by atoms with E-state index in [1.165, 1.54) is 42.5 Å². The second-order valence-corrected chi connectivity index (χ2v) is 18.5. The number of carbonyl (C=O) groups excluding carboxylic acids is 2. The molecule has 1 unspecified atom stereocenters. The summed E-state index contributed by atoms with van der Waals surface area (Å²) in [6.07, 6.45) is -1.58. The molecule has 5 N–H and O–H groups in total. The smallest absolute Gasteiger partial charge is 0.408 e. The number of aliphatic hydroxyl groups is 1. The van der Waals surface area contributed by atoms with Gasteiger partial charge in [-0.1, -0.05) is 115 Å². The van der Waals surface area contributed by atoms with E-state index in [1.54, 1.807) is 59.7 Å². The average molecular weight is 798 g/mol. The van der Waals surface area contributed by atoms with Gasteiger partial charge in [0.25, 0.3) is 0 Å².